The Labute approximate surface area is 93.2 Å². The zero-order valence-corrected chi connectivity index (χ0v) is 10.1. The quantitative estimate of drug-likeness (QED) is 0.651. The molecule has 0 heterocycles. The van der Waals surface area contributed by atoms with E-state index in [1.807, 2.05) is 18.7 Å². The number of hydrogen-bond acceptors (Lipinski definition) is 2. The number of carbonyl (C=O) groups excluding carboxylic acids is 1. The highest BCUT2D eigenvalue weighted by Gasteiger charge is 2.16. The summed E-state index contributed by atoms with van der Waals surface area (Å²) >= 11 is 0. The molecule has 0 atom stereocenters. The van der Waals surface area contributed by atoms with Crippen LogP contribution in [0.25, 0.3) is 0 Å². The molecule has 0 spiro atoms. The summed E-state index contributed by atoms with van der Waals surface area (Å²) in [5.74, 6) is 1.16. The Kier molecular flexibility index (Phi) is 5.69. The van der Waals surface area contributed by atoms with Crippen LogP contribution in [0, 0.1) is 5.92 Å². The molecule has 88 valence electrons. The van der Waals surface area contributed by atoms with Gasteiger partial charge >= 0.3 is 0 Å². The van der Waals surface area contributed by atoms with Crippen molar-refractivity contribution in [3.8, 4) is 0 Å². The van der Waals surface area contributed by atoms with Crippen LogP contribution in [0.3, 0.4) is 0 Å². The van der Waals surface area contributed by atoms with E-state index < -0.39 is 0 Å². The van der Waals surface area contributed by atoms with Gasteiger partial charge < -0.3 is 10.2 Å². The Hall–Kier alpha value is -0.570. The molecule has 1 rings (SSSR count). The number of nitrogens with zero attached hydrogens (tertiary/aromatic N) is 1. The Bertz CT molecular complexity index is 186. The van der Waals surface area contributed by atoms with Gasteiger partial charge in [0.15, 0.2) is 0 Å². The molecule has 0 aromatic carbocycles. The van der Waals surface area contributed by atoms with E-state index in [0.717, 1.165) is 32.1 Å². The maximum absolute atomic E-state index is 11.6. The van der Waals surface area contributed by atoms with Gasteiger partial charge in [0.25, 0.3) is 0 Å². The van der Waals surface area contributed by atoms with Crippen molar-refractivity contribution in [2.24, 2.45) is 5.92 Å². The van der Waals surface area contributed by atoms with Crippen molar-refractivity contribution in [3.63, 3.8) is 0 Å². The first-order valence-corrected chi connectivity index (χ1v) is 6.26. The van der Waals surface area contributed by atoms with Gasteiger partial charge in [0.2, 0.25) is 5.91 Å². The molecule has 0 bridgehead atoms. The molecule has 0 saturated heterocycles. The van der Waals surface area contributed by atoms with E-state index in [2.05, 4.69) is 5.32 Å². The second kappa shape index (κ2) is 6.83. The molecular weight excluding hydrogens is 188 g/mol. The molecule has 1 fully saturated rings. The molecule has 1 N–H and O–H groups in total. The van der Waals surface area contributed by atoms with Crippen molar-refractivity contribution in [2.75, 3.05) is 26.2 Å². The van der Waals surface area contributed by atoms with E-state index in [-0.39, 0.29) is 5.91 Å². The average Bonchev–Trinajstić information content (AvgIpc) is 2.16. The minimum atomic E-state index is 0.279. The number of amides is 1. The summed E-state index contributed by atoms with van der Waals surface area (Å²) in [5.41, 5.74) is 0. The third kappa shape index (κ3) is 4.20. The highest BCUT2D eigenvalue weighted by atomic mass is 16.2. The zero-order chi connectivity index (χ0) is 11.1. The van der Waals surface area contributed by atoms with Crippen molar-refractivity contribution in [1.29, 1.82) is 0 Å². The molecular formula is C12H24N2O. The fourth-order valence-electron chi connectivity index (χ4n) is 1.93. The number of rotatable bonds is 7. The van der Waals surface area contributed by atoms with Crippen molar-refractivity contribution in [3.05, 3.63) is 0 Å². The van der Waals surface area contributed by atoms with Crippen LogP contribution < -0.4 is 5.32 Å². The second-order valence-electron chi connectivity index (χ2n) is 4.32. The predicted molar refractivity (Wildman–Crippen MR) is 62.8 cm³/mol. The Morgan fingerprint density at radius 3 is 2.47 bits per heavy atom. The maximum Gasteiger partial charge on any atom is 0.223 e. The third-order valence-electron chi connectivity index (χ3n) is 3.29. The molecule has 3 heteroatoms. The lowest BCUT2D eigenvalue weighted by Gasteiger charge is -2.25. The van der Waals surface area contributed by atoms with Crippen LogP contribution in [-0.2, 0) is 4.79 Å². The van der Waals surface area contributed by atoms with Crippen molar-refractivity contribution in [2.45, 2.75) is 39.5 Å². The van der Waals surface area contributed by atoms with E-state index in [4.69, 9.17) is 0 Å². The molecule has 0 aromatic heterocycles. The predicted octanol–water partition coefficient (Wildman–Crippen LogP) is 1.63. The fourth-order valence-corrected chi connectivity index (χ4v) is 1.93. The van der Waals surface area contributed by atoms with Crippen LogP contribution in [0.15, 0.2) is 0 Å². The van der Waals surface area contributed by atoms with Crippen LogP contribution in [0.5, 0.6) is 0 Å². The van der Waals surface area contributed by atoms with Gasteiger partial charge in [-0.25, -0.2) is 0 Å². The zero-order valence-electron chi connectivity index (χ0n) is 10.1. The lowest BCUT2D eigenvalue weighted by atomic mass is 9.85. The van der Waals surface area contributed by atoms with E-state index in [1.54, 1.807) is 0 Å². The summed E-state index contributed by atoms with van der Waals surface area (Å²) < 4.78 is 0. The summed E-state index contributed by atoms with van der Waals surface area (Å²) in [6.07, 6.45) is 4.78. The Morgan fingerprint density at radius 2 is 2.00 bits per heavy atom. The van der Waals surface area contributed by atoms with Crippen molar-refractivity contribution in [1.82, 2.24) is 10.2 Å². The largest absolute Gasteiger partial charge is 0.343 e. The minimum Gasteiger partial charge on any atom is -0.343 e. The normalized spacial score (nSPS) is 16.1. The standard InChI is InChI=1S/C12H24N2O/c1-3-14(4-2)12(15)8-9-13-10-11-6-5-7-11/h11,13H,3-10H2,1-2H3. The highest BCUT2D eigenvalue weighted by Crippen LogP contribution is 2.24. The van der Waals surface area contributed by atoms with Gasteiger partial charge in [-0.3, -0.25) is 4.79 Å². The van der Waals surface area contributed by atoms with Gasteiger partial charge in [0.1, 0.15) is 0 Å². The van der Waals surface area contributed by atoms with Crippen molar-refractivity contribution >= 4 is 5.91 Å². The Balaban J connectivity index is 2.00. The van der Waals surface area contributed by atoms with Gasteiger partial charge in [-0.2, -0.15) is 0 Å². The lowest BCUT2D eigenvalue weighted by molar-refractivity contribution is -0.130. The number of hydrogen-bond donors (Lipinski definition) is 1. The van der Waals surface area contributed by atoms with Gasteiger partial charge in [-0.15, -0.1) is 0 Å². The summed E-state index contributed by atoms with van der Waals surface area (Å²) in [5, 5.41) is 3.37. The summed E-state index contributed by atoms with van der Waals surface area (Å²) in [6, 6.07) is 0. The third-order valence-corrected chi connectivity index (χ3v) is 3.29. The molecule has 0 radical (unpaired) electrons. The SMILES string of the molecule is CCN(CC)C(=O)CCNCC1CCC1. The lowest BCUT2D eigenvalue weighted by Crippen LogP contribution is -2.34. The fraction of sp³-hybridized carbons (Fsp3) is 0.917. The van der Waals surface area contributed by atoms with E-state index in [0.29, 0.717) is 6.42 Å². The van der Waals surface area contributed by atoms with E-state index in [1.165, 1.54) is 19.3 Å². The highest BCUT2D eigenvalue weighted by molar-refractivity contribution is 5.76. The average molecular weight is 212 g/mol. The first-order valence-electron chi connectivity index (χ1n) is 6.26. The van der Waals surface area contributed by atoms with E-state index >= 15 is 0 Å². The monoisotopic (exact) mass is 212 g/mol. The smallest absolute Gasteiger partial charge is 0.223 e. The maximum atomic E-state index is 11.6. The number of nitrogens with one attached hydrogen (secondary N) is 1. The van der Waals surface area contributed by atoms with Crippen LogP contribution in [0.1, 0.15) is 39.5 Å². The first-order chi connectivity index (χ1) is 7.27. The number of carbonyl (C=O) groups is 1. The summed E-state index contributed by atoms with van der Waals surface area (Å²) in [4.78, 5) is 13.5. The summed E-state index contributed by atoms with van der Waals surface area (Å²) in [7, 11) is 0. The minimum absolute atomic E-state index is 0.279. The van der Waals surface area contributed by atoms with Crippen LogP contribution >= 0.6 is 0 Å². The molecule has 1 saturated carbocycles. The van der Waals surface area contributed by atoms with Crippen LogP contribution in [0.4, 0.5) is 0 Å². The van der Waals surface area contributed by atoms with Crippen LogP contribution in [0.2, 0.25) is 0 Å². The second-order valence-corrected chi connectivity index (χ2v) is 4.32. The van der Waals surface area contributed by atoms with Crippen molar-refractivity contribution < 1.29 is 4.79 Å². The van der Waals surface area contributed by atoms with E-state index in [9.17, 15) is 4.79 Å². The molecule has 0 aliphatic heterocycles. The first kappa shape index (κ1) is 12.5. The molecule has 1 aliphatic rings. The molecule has 0 unspecified atom stereocenters. The molecule has 3 nitrogen and oxygen atoms in total. The molecule has 1 aliphatic carbocycles. The van der Waals surface area contributed by atoms with Gasteiger partial charge in [-0.1, -0.05) is 6.42 Å². The Morgan fingerprint density at radius 1 is 1.33 bits per heavy atom. The molecule has 15 heavy (non-hydrogen) atoms. The summed E-state index contributed by atoms with van der Waals surface area (Å²) in [6.45, 7) is 7.67. The van der Waals surface area contributed by atoms with Crippen LogP contribution in [-0.4, -0.2) is 37.0 Å². The van der Waals surface area contributed by atoms with Gasteiger partial charge in [-0.05, 0) is 39.2 Å². The topological polar surface area (TPSA) is 32.3 Å². The van der Waals surface area contributed by atoms with Gasteiger partial charge in [0, 0.05) is 26.1 Å². The molecule has 1 amide bonds. The molecule has 0 aromatic rings. The van der Waals surface area contributed by atoms with Gasteiger partial charge in [0.05, 0.1) is 0 Å².